The van der Waals surface area contributed by atoms with Gasteiger partial charge in [-0.3, -0.25) is 0 Å². The SMILES string of the molecule is CC(C)Cc1ccc2c(c1)C(Cl)C(C)C2. The molecule has 0 aromatic heterocycles. The molecule has 2 unspecified atom stereocenters. The van der Waals surface area contributed by atoms with Crippen molar-refractivity contribution in [2.75, 3.05) is 0 Å². The summed E-state index contributed by atoms with van der Waals surface area (Å²) in [4.78, 5) is 0. The second kappa shape index (κ2) is 4.17. The van der Waals surface area contributed by atoms with Crippen LogP contribution in [0, 0.1) is 11.8 Å². The number of hydrogen-bond donors (Lipinski definition) is 0. The molecule has 1 aliphatic carbocycles. The van der Waals surface area contributed by atoms with Crippen molar-refractivity contribution in [3.05, 3.63) is 34.9 Å². The molecule has 0 saturated carbocycles. The Morgan fingerprint density at radius 2 is 2.13 bits per heavy atom. The Balaban J connectivity index is 2.27. The molecular weight excluding hydrogens is 204 g/mol. The third-order valence-electron chi connectivity index (χ3n) is 3.19. The Morgan fingerprint density at radius 1 is 1.40 bits per heavy atom. The van der Waals surface area contributed by atoms with Crippen LogP contribution in [0.25, 0.3) is 0 Å². The van der Waals surface area contributed by atoms with E-state index >= 15 is 0 Å². The van der Waals surface area contributed by atoms with Gasteiger partial charge in [0.2, 0.25) is 0 Å². The van der Waals surface area contributed by atoms with Gasteiger partial charge in [0.1, 0.15) is 0 Å². The maximum Gasteiger partial charge on any atom is 0.0616 e. The Hall–Kier alpha value is -0.490. The predicted octanol–water partition coefficient (Wildman–Crippen LogP) is 4.36. The van der Waals surface area contributed by atoms with Gasteiger partial charge < -0.3 is 0 Å². The largest absolute Gasteiger partial charge is 0.118 e. The van der Waals surface area contributed by atoms with E-state index < -0.39 is 0 Å². The van der Waals surface area contributed by atoms with Crippen molar-refractivity contribution in [1.82, 2.24) is 0 Å². The standard InChI is InChI=1S/C14H19Cl/c1-9(2)6-11-4-5-12-7-10(3)14(15)13(12)8-11/h4-5,8-10,14H,6-7H2,1-3H3. The number of fused-ring (bicyclic) bond motifs is 1. The first kappa shape index (κ1) is 11.0. The summed E-state index contributed by atoms with van der Waals surface area (Å²) in [5.41, 5.74) is 4.26. The minimum atomic E-state index is 0.229. The first-order valence-corrected chi connectivity index (χ1v) is 6.27. The van der Waals surface area contributed by atoms with Gasteiger partial charge in [0.25, 0.3) is 0 Å². The average molecular weight is 223 g/mol. The number of hydrogen-bond acceptors (Lipinski definition) is 0. The lowest BCUT2D eigenvalue weighted by atomic mass is 9.99. The monoisotopic (exact) mass is 222 g/mol. The number of rotatable bonds is 2. The lowest BCUT2D eigenvalue weighted by Gasteiger charge is -2.10. The van der Waals surface area contributed by atoms with Crippen molar-refractivity contribution >= 4 is 11.6 Å². The van der Waals surface area contributed by atoms with E-state index in [-0.39, 0.29) is 5.38 Å². The molecule has 0 nitrogen and oxygen atoms in total. The van der Waals surface area contributed by atoms with Gasteiger partial charge >= 0.3 is 0 Å². The molecule has 0 heterocycles. The Kier molecular flexibility index (Phi) is 3.06. The molecule has 0 spiro atoms. The molecule has 0 amide bonds. The van der Waals surface area contributed by atoms with Crippen LogP contribution in [0.1, 0.15) is 42.8 Å². The molecule has 1 heteroatoms. The van der Waals surface area contributed by atoms with E-state index in [0.29, 0.717) is 5.92 Å². The van der Waals surface area contributed by atoms with Crippen LogP contribution >= 0.6 is 11.6 Å². The highest BCUT2D eigenvalue weighted by Crippen LogP contribution is 2.40. The topological polar surface area (TPSA) is 0 Å². The minimum Gasteiger partial charge on any atom is -0.118 e. The van der Waals surface area contributed by atoms with Crippen molar-refractivity contribution in [3.8, 4) is 0 Å². The van der Waals surface area contributed by atoms with Crippen LogP contribution in [-0.2, 0) is 12.8 Å². The molecule has 2 atom stereocenters. The first-order valence-electron chi connectivity index (χ1n) is 5.83. The van der Waals surface area contributed by atoms with E-state index in [9.17, 15) is 0 Å². The summed E-state index contributed by atoms with van der Waals surface area (Å²) in [6.07, 6.45) is 2.30. The van der Waals surface area contributed by atoms with Gasteiger partial charge in [-0.05, 0) is 41.4 Å². The average Bonchev–Trinajstić information content (AvgIpc) is 2.43. The van der Waals surface area contributed by atoms with Crippen molar-refractivity contribution in [2.45, 2.75) is 39.0 Å². The van der Waals surface area contributed by atoms with Crippen LogP contribution < -0.4 is 0 Å². The van der Waals surface area contributed by atoms with Crippen LogP contribution in [0.15, 0.2) is 18.2 Å². The van der Waals surface area contributed by atoms with Gasteiger partial charge in [-0.1, -0.05) is 39.0 Å². The van der Waals surface area contributed by atoms with Gasteiger partial charge in [0, 0.05) is 0 Å². The molecule has 0 N–H and O–H groups in total. The molecule has 1 aromatic rings. The van der Waals surface area contributed by atoms with Gasteiger partial charge in [0.15, 0.2) is 0 Å². The molecule has 15 heavy (non-hydrogen) atoms. The molecular formula is C14H19Cl. The van der Waals surface area contributed by atoms with E-state index in [4.69, 9.17) is 11.6 Å². The second-order valence-electron chi connectivity index (χ2n) is 5.21. The van der Waals surface area contributed by atoms with Gasteiger partial charge in [-0.2, -0.15) is 0 Å². The van der Waals surface area contributed by atoms with E-state index in [1.807, 2.05) is 0 Å². The molecule has 2 rings (SSSR count). The fourth-order valence-corrected chi connectivity index (χ4v) is 2.73. The van der Waals surface area contributed by atoms with Crippen molar-refractivity contribution in [1.29, 1.82) is 0 Å². The molecule has 0 fully saturated rings. The molecule has 0 aliphatic heterocycles. The fourth-order valence-electron chi connectivity index (χ4n) is 2.44. The maximum absolute atomic E-state index is 6.40. The summed E-state index contributed by atoms with van der Waals surface area (Å²) in [6.45, 7) is 6.75. The number of alkyl halides is 1. The van der Waals surface area contributed by atoms with Crippen LogP contribution in [-0.4, -0.2) is 0 Å². The van der Waals surface area contributed by atoms with Crippen LogP contribution in [0.4, 0.5) is 0 Å². The third kappa shape index (κ3) is 2.20. The highest BCUT2D eigenvalue weighted by molar-refractivity contribution is 6.21. The molecule has 0 saturated heterocycles. The zero-order valence-corrected chi connectivity index (χ0v) is 10.5. The van der Waals surface area contributed by atoms with Crippen molar-refractivity contribution < 1.29 is 0 Å². The molecule has 1 aliphatic rings. The highest BCUT2D eigenvalue weighted by Gasteiger charge is 2.27. The lowest BCUT2D eigenvalue weighted by Crippen LogP contribution is -1.97. The summed E-state index contributed by atoms with van der Waals surface area (Å²) in [7, 11) is 0. The van der Waals surface area contributed by atoms with Crippen LogP contribution in [0.3, 0.4) is 0 Å². The Morgan fingerprint density at radius 3 is 2.80 bits per heavy atom. The smallest absolute Gasteiger partial charge is 0.0616 e. The summed E-state index contributed by atoms with van der Waals surface area (Å²) in [6, 6.07) is 6.85. The van der Waals surface area contributed by atoms with E-state index in [0.717, 1.165) is 18.8 Å². The quantitative estimate of drug-likeness (QED) is 0.653. The van der Waals surface area contributed by atoms with Gasteiger partial charge in [-0.25, -0.2) is 0 Å². The summed E-state index contributed by atoms with van der Waals surface area (Å²) in [5.74, 6) is 1.31. The molecule has 0 bridgehead atoms. The third-order valence-corrected chi connectivity index (χ3v) is 3.86. The molecule has 1 aromatic carbocycles. The van der Waals surface area contributed by atoms with E-state index in [1.165, 1.54) is 16.7 Å². The fraction of sp³-hybridized carbons (Fsp3) is 0.571. The molecule has 0 radical (unpaired) electrons. The highest BCUT2D eigenvalue weighted by atomic mass is 35.5. The summed E-state index contributed by atoms with van der Waals surface area (Å²) >= 11 is 6.40. The molecule has 82 valence electrons. The minimum absolute atomic E-state index is 0.229. The maximum atomic E-state index is 6.40. The Labute approximate surface area is 97.6 Å². The normalized spacial score (nSPS) is 24.6. The van der Waals surface area contributed by atoms with Crippen LogP contribution in [0.2, 0.25) is 0 Å². The first-order chi connectivity index (χ1) is 7.08. The zero-order valence-electron chi connectivity index (χ0n) is 9.76. The summed E-state index contributed by atoms with van der Waals surface area (Å²) in [5, 5.41) is 0.229. The Bertz CT molecular complexity index is 354. The lowest BCUT2D eigenvalue weighted by molar-refractivity contribution is 0.608. The van der Waals surface area contributed by atoms with Crippen molar-refractivity contribution in [2.24, 2.45) is 11.8 Å². The number of benzene rings is 1. The summed E-state index contributed by atoms with van der Waals surface area (Å²) < 4.78 is 0. The van der Waals surface area contributed by atoms with E-state index in [1.54, 1.807) is 0 Å². The predicted molar refractivity (Wildman–Crippen MR) is 66.4 cm³/mol. The second-order valence-corrected chi connectivity index (χ2v) is 5.68. The van der Waals surface area contributed by atoms with Gasteiger partial charge in [0.05, 0.1) is 5.38 Å². The zero-order chi connectivity index (χ0) is 11.0. The number of halogens is 1. The van der Waals surface area contributed by atoms with Crippen LogP contribution in [0.5, 0.6) is 0 Å². The van der Waals surface area contributed by atoms with E-state index in [2.05, 4.69) is 39.0 Å². The van der Waals surface area contributed by atoms with Gasteiger partial charge in [-0.15, -0.1) is 11.6 Å². The van der Waals surface area contributed by atoms with Crippen molar-refractivity contribution in [3.63, 3.8) is 0 Å².